The van der Waals surface area contributed by atoms with Crippen molar-refractivity contribution in [3.05, 3.63) is 183 Å². The van der Waals surface area contributed by atoms with Gasteiger partial charge in [0, 0.05) is 17.7 Å². The molecule has 1 nitrogen and oxygen atoms in total. The second kappa shape index (κ2) is 19.6. The van der Waals surface area contributed by atoms with Crippen molar-refractivity contribution in [3.8, 4) is 0 Å². The molecule has 0 aliphatic heterocycles. The summed E-state index contributed by atoms with van der Waals surface area (Å²) < 4.78 is 343. The predicted octanol–water partition coefficient (Wildman–Crippen LogP) is 13.8. The van der Waals surface area contributed by atoms with Crippen LogP contribution >= 0.6 is 0 Å². The fourth-order valence-corrected chi connectivity index (χ4v) is 7.69. The van der Waals surface area contributed by atoms with E-state index >= 15 is 0 Å². The van der Waals surface area contributed by atoms with Crippen LogP contribution in [0.2, 0.25) is 0 Å². The minimum Gasteiger partial charge on any atom is -0.201 e. The number of aryl methyl sites for hydroxylation is 1. The molecule has 0 radical (unpaired) electrons. The van der Waals surface area contributed by atoms with Gasteiger partial charge in [-0.1, -0.05) is 85.8 Å². The van der Waals surface area contributed by atoms with E-state index in [0.29, 0.717) is 0 Å². The number of nitrogens with zero attached hydrogens (tertiary/aromatic N) is 1. The van der Waals surface area contributed by atoms with Crippen molar-refractivity contribution in [2.45, 2.75) is 69.3 Å². The number of hydrogen-bond donors (Lipinski definition) is 0. The van der Waals surface area contributed by atoms with Crippen LogP contribution in [0, 0.1) is 0 Å². The Morgan fingerprint density at radius 1 is 0.306 bits per heavy atom. The average Bonchev–Trinajstić information content (AvgIpc) is 3.25. The SMILES string of the molecule is CCc1cc[n+](Cc2ccccc2)cc1.FC(F)(F)c1cc([B-](c2cc(C(F)(F)F)cc(C(F)(F)F)c2)(c2cc(C(F)(F)F)cc(C(F)(F)F)c2)c2cc(C(F)(F)F)cc(C(F)(F)F)c2)cc(C(F)(F)F)c1. The number of benzene rings is 5. The van der Waals surface area contributed by atoms with E-state index in [-0.39, 0.29) is 0 Å². The van der Waals surface area contributed by atoms with E-state index in [1.54, 1.807) is 0 Å². The molecule has 0 fully saturated rings. The van der Waals surface area contributed by atoms with Crippen molar-refractivity contribution in [2.75, 3.05) is 0 Å². The van der Waals surface area contributed by atoms with Gasteiger partial charge in [-0.25, -0.2) is 4.57 Å². The maximum Gasteiger partial charge on any atom is 0.416 e. The Labute approximate surface area is 390 Å². The number of pyridine rings is 1. The van der Waals surface area contributed by atoms with Crippen molar-refractivity contribution in [3.63, 3.8) is 0 Å². The zero-order chi connectivity index (χ0) is 54.4. The molecule has 0 aliphatic carbocycles. The molecule has 0 amide bonds. The van der Waals surface area contributed by atoms with Gasteiger partial charge in [0.15, 0.2) is 18.9 Å². The van der Waals surface area contributed by atoms with Gasteiger partial charge in [0.1, 0.15) is 6.15 Å². The molecule has 0 unspecified atom stereocenters. The molecule has 0 N–H and O–H groups in total. The summed E-state index contributed by atoms with van der Waals surface area (Å²) in [7, 11) is 0. The standard InChI is InChI=1S/C32H12BF24.C14H16N/c34-25(35,36)13-1-14(26(37,38)39)6-21(5-13)33(22-7-15(27(40,41)42)2-16(8-22)28(43,44)45,23-9-17(29(46,47)48)3-18(10-23)30(49,50)51)24-11-19(31(52,53)54)4-20(12-24)32(55,56)57;1-2-13-8-10-15(11-9-13)12-14-6-4-3-5-7-14/h1-12H;3-11H,2,12H2,1H3/q-1;+1. The fourth-order valence-electron chi connectivity index (χ4n) is 7.69. The first kappa shape index (κ1) is 56.5. The average molecular weight is 1060 g/mol. The van der Waals surface area contributed by atoms with E-state index in [1.807, 2.05) is 6.07 Å². The van der Waals surface area contributed by atoms with Crippen LogP contribution in [0.4, 0.5) is 105 Å². The van der Waals surface area contributed by atoms with E-state index < -0.39 is 195 Å². The summed E-state index contributed by atoms with van der Waals surface area (Å²) in [6.45, 7) is 3.13. The second-order valence-electron chi connectivity index (χ2n) is 15.9. The molecule has 5 aromatic carbocycles. The summed E-state index contributed by atoms with van der Waals surface area (Å²) in [5.41, 5.74) is -27.5. The van der Waals surface area contributed by atoms with Crippen LogP contribution in [-0.4, -0.2) is 6.15 Å². The fraction of sp³-hybridized carbons (Fsp3) is 0.239. The van der Waals surface area contributed by atoms with Crippen LogP contribution < -0.4 is 26.4 Å². The number of alkyl halides is 24. The number of aromatic nitrogens is 1. The topological polar surface area (TPSA) is 3.88 Å². The third-order valence-electron chi connectivity index (χ3n) is 11.0. The van der Waals surface area contributed by atoms with Crippen LogP contribution in [0.15, 0.2) is 128 Å². The van der Waals surface area contributed by atoms with E-state index in [1.165, 1.54) is 11.1 Å². The number of rotatable bonds is 7. The molecule has 0 saturated heterocycles. The molecule has 0 aliphatic rings. The Morgan fingerprint density at radius 3 is 0.722 bits per heavy atom. The van der Waals surface area contributed by atoms with Crippen molar-refractivity contribution in [1.29, 1.82) is 0 Å². The van der Waals surface area contributed by atoms with E-state index in [9.17, 15) is 105 Å². The lowest BCUT2D eigenvalue weighted by molar-refractivity contribution is -0.688. The van der Waals surface area contributed by atoms with Gasteiger partial charge >= 0.3 is 49.4 Å². The molecule has 0 spiro atoms. The van der Waals surface area contributed by atoms with Gasteiger partial charge in [0.25, 0.3) is 0 Å². The highest BCUT2D eigenvalue weighted by molar-refractivity contribution is 7.20. The first-order valence-corrected chi connectivity index (χ1v) is 20.0. The summed E-state index contributed by atoms with van der Waals surface area (Å²) in [4.78, 5) is 0. The lowest BCUT2D eigenvalue weighted by Gasteiger charge is -2.46. The Kier molecular flexibility index (Phi) is 15.4. The lowest BCUT2D eigenvalue weighted by atomic mass is 9.12. The van der Waals surface area contributed by atoms with E-state index in [0.717, 1.165) is 13.0 Å². The molecule has 388 valence electrons. The van der Waals surface area contributed by atoms with Crippen LogP contribution in [0.25, 0.3) is 0 Å². The zero-order valence-electron chi connectivity index (χ0n) is 35.6. The van der Waals surface area contributed by atoms with Crippen molar-refractivity contribution in [2.24, 2.45) is 0 Å². The molecular formula is C46H28BF24N. The minimum atomic E-state index is -6.13. The van der Waals surface area contributed by atoms with Gasteiger partial charge < -0.3 is 0 Å². The summed E-state index contributed by atoms with van der Waals surface area (Å²) in [5.74, 6) is 0. The molecule has 1 heterocycles. The number of hydrogen-bond acceptors (Lipinski definition) is 0. The highest BCUT2D eigenvalue weighted by Gasteiger charge is 2.47. The Bertz CT molecular complexity index is 2410. The van der Waals surface area contributed by atoms with Gasteiger partial charge in [0.05, 0.1) is 44.5 Å². The normalized spacial score (nSPS) is 13.5. The van der Waals surface area contributed by atoms with Gasteiger partial charge in [-0.15, -0.1) is 0 Å². The third kappa shape index (κ3) is 13.2. The summed E-state index contributed by atoms with van der Waals surface area (Å²) >= 11 is 0. The molecule has 1 aromatic heterocycles. The molecule has 6 aromatic rings. The molecular weight excluding hydrogens is 1030 g/mol. The predicted molar refractivity (Wildman–Crippen MR) is 212 cm³/mol. The van der Waals surface area contributed by atoms with Crippen LogP contribution in [-0.2, 0) is 62.4 Å². The Morgan fingerprint density at radius 2 is 0.528 bits per heavy atom. The van der Waals surface area contributed by atoms with Crippen LogP contribution in [0.1, 0.15) is 62.6 Å². The minimum absolute atomic E-state index is 0.691. The highest BCUT2D eigenvalue weighted by Crippen LogP contribution is 2.41. The van der Waals surface area contributed by atoms with Crippen molar-refractivity contribution in [1.82, 2.24) is 0 Å². The smallest absolute Gasteiger partial charge is 0.201 e. The lowest BCUT2D eigenvalue weighted by Crippen LogP contribution is -2.75. The molecule has 0 atom stereocenters. The van der Waals surface area contributed by atoms with Crippen molar-refractivity contribution >= 4 is 28.0 Å². The molecule has 0 saturated carbocycles. The maximum atomic E-state index is 14.2. The molecule has 72 heavy (non-hydrogen) atoms. The molecule has 6 rings (SSSR count). The summed E-state index contributed by atoms with van der Waals surface area (Å²) in [6, 6.07) is 6.07. The monoisotopic (exact) mass is 1060 g/mol. The summed E-state index contributed by atoms with van der Waals surface area (Å²) in [6.07, 6.45) is -49.4. The van der Waals surface area contributed by atoms with Gasteiger partial charge in [-0.05, 0) is 36.2 Å². The van der Waals surface area contributed by atoms with Gasteiger partial charge in [0.2, 0.25) is 0 Å². The third-order valence-corrected chi connectivity index (χ3v) is 11.0. The Hall–Kier alpha value is -6.37. The van der Waals surface area contributed by atoms with Gasteiger partial charge in [-0.3, -0.25) is 0 Å². The largest absolute Gasteiger partial charge is 0.416 e. The van der Waals surface area contributed by atoms with Crippen molar-refractivity contribution < 1.29 is 110 Å². The first-order chi connectivity index (χ1) is 32.6. The quantitative estimate of drug-likeness (QED) is 0.0852. The number of halogens is 24. The van der Waals surface area contributed by atoms with Gasteiger partial charge in [-0.2, -0.15) is 127 Å². The zero-order valence-corrected chi connectivity index (χ0v) is 35.6. The maximum absolute atomic E-state index is 14.2. The van der Waals surface area contributed by atoms with E-state index in [2.05, 4.69) is 60.3 Å². The van der Waals surface area contributed by atoms with Crippen LogP contribution in [0.3, 0.4) is 0 Å². The highest BCUT2D eigenvalue weighted by atomic mass is 19.4. The molecule has 26 heteroatoms. The first-order valence-electron chi connectivity index (χ1n) is 20.0. The second-order valence-corrected chi connectivity index (χ2v) is 15.9. The Balaban J connectivity index is 0.000000542. The molecule has 0 bridgehead atoms. The van der Waals surface area contributed by atoms with E-state index in [4.69, 9.17) is 0 Å². The summed E-state index contributed by atoms with van der Waals surface area (Å²) in [5, 5.41) is 0. The van der Waals surface area contributed by atoms with Crippen LogP contribution in [0.5, 0.6) is 0 Å².